The molecule has 0 radical (unpaired) electrons. The number of benzene rings is 1. The number of aromatic carboxylic acids is 1. The number of hydrogen-bond acceptors (Lipinski definition) is 3. The first-order valence-electron chi connectivity index (χ1n) is 5.39. The van der Waals surface area contributed by atoms with Gasteiger partial charge in [-0.1, -0.05) is 23.8 Å². The molecule has 0 bridgehead atoms. The molecule has 0 aliphatic carbocycles. The number of H-pyrrole nitrogens is 1. The van der Waals surface area contributed by atoms with Gasteiger partial charge in [-0.2, -0.15) is 0 Å². The molecule has 5 nitrogen and oxygen atoms in total. The van der Waals surface area contributed by atoms with Gasteiger partial charge in [0.05, 0.1) is 6.33 Å². The number of rotatable bonds is 3. The van der Waals surface area contributed by atoms with Crippen LogP contribution >= 0.6 is 0 Å². The van der Waals surface area contributed by atoms with E-state index in [9.17, 15) is 9.59 Å². The summed E-state index contributed by atoms with van der Waals surface area (Å²) in [6.07, 6.45) is 1.21. The van der Waals surface area contributed by atoms with Crippen molar-refractivity contribution < 1.29 is 14.7 Å². The summed E-state index contributed by atoms with van der Waals surface area (Å²) in [5, 5.41) is 8.94. The molecule has 0 aliphatic rings. The van der Waals surface area contributed by atoms with E-state index in [0.29, 0.717) is 5.56 Å². The van der Waals surface area contributed by atoms with Crippen LogP contribution in [0.4, 0.5) is 0 Å². The van der Waals surface area contributed by atoms with E-state index in [0.717, 1.165) is 11.1 Å². The highest BCUT2D eigenvalue weighted by Crippen LogP contribution is 2.16. The number of nitrogens with one attached hydrogen (secondary N) is 1. The Balaban J connectivity index is 2.48. The van der Waals surface area contributed by atoms with E-state index in [1.807, 2.05) is 26.0 Å². The topological polar surface area (TPSA) is 83.0 Å². The van der Waals surface area contributed by atoms with Crippen LogP contribution in [0, 0.1) is 13.8 Å². The fourth-order valence-corrected chi connectivity index (χ4v) is 1.83. The van der Waals surface area contributed by atoms with E-state index < -0.39 is 5.97 Å². The van der Waals surface area contributed by atoms with Gasteiger partial charge in [-0.25, -0.2) is 9.78 Å². The molecule has 5 heteroatoms. The van der Waals surface area contributed by atoms with Crippen molar-refractivity contribution in [1.82, 2.24) is 9.97 Å². The van der Waals surface area contributed by atoms with Gasteiger partial charge in [-0.3, -0.25) is 4.79 Å². The third kappa shape index (κ3) is 2.02. The van der Waals surface area contributed by atoms with Crippen molar-refractivity contribution in [2.45, 2.75) is 13.8 Å². The van der Waals surface area contributed by atoms with Gasteiger partial charge in [0, 0.05) is 5.56 Å². The average molecular weight is 244 g/mol. The molecule has 0 saturated carbocycles. The SMILES string of the molecule is Cc1ccc(C(=O)c2nc[nH]c2C(=O)O)c(C)c1. The van der Waals surface area contributed by atoms with Gasteiger partial charge in [0.15, 0.2) is 5.69 Å². The van der Waals surface area contributed by atoms with Gasteiger partial charge in [0.25, 0.3) is 0 Å². The second kappa shape index (κ2) is 4.44. The first-order chi connectivity index (χ1) is 8.50. The highest BCUT2D eigenvalue weighted by molar-refractivity contribution is 6.13. The molecule has 0 unspecified atom stereocenters. The fourth-order valence-electron chi connectivity index (χ4n) is 1.83. The van der Waals surface area contributed by atoms with E-state index in [2.05, 4.69) is 9.97 Å². The lowest BCUT2D eigenvalue weighted by Gasteiger charge is -2.04. The molecule has 2 rings (SSSR count). The summed E-state index contributed by atoms with van der Waals surface area (Å²) in [4.78, 5) is 29.4. The Labute approximate surface area is 103 Å². The van der Waals surface area contributed by atoms with Crippen molar-refractivity contribution in [3.8, 4) is 0 Å². The number of carboxylic acid groups (broad SMARTS) is 1. The summed E-state index contributed by atoms with van der Waals surface area (Å²) >= 11 is 0. The quantitative estimate of drug-likeness (QED) is 0.808. The summed E-state index contributed by atoms with van der Waals surface area (Å²) < 4.78 is 0. The summed E-state index contributed by atoms with van der Waals surface area (Å²) in [6, 6.07) is 5.38. The van der Waals surface area contributed by atoms with Gasteiger partial charge in [-0.15, -0.1) is 0 Å². The molecule has 1 heterocycles. The molecule has 0 atom stereocenters. The maximum Gasteiger partial charge on any atom is 0.354 e. The lowest BCUT2D eigenvalue weighted by atomic mass is 10.00. The first-order valence-corrected chi connectivity index (χ1v) is 5.39. The largest absolute Gasteiger partial charge is 0.477 e. The fraction of sp³-hybridized carbons (Fsp3) is 0.154. The zero-order valence-corrected chi connectivity index (χ0v) is 10.0. The Morgan fingerprint density at radius 2 is 2.00 bits per heavy atom. The number of ketones is 1. The maximum atomic E-state index is 12.2. The standard InChI is InChI=1S/C13H12N2O3/c1-7-3-4-9(8(2)5-7)12(16)10-11(13(17)18)15-6-14-10/h3-6H,1-2H3,(H,14,15)(H,17,18). The van der Waals surface area contributed by atoms with Crippen LogP contribution in [0.3, 0.4) is 0 Å². The van der Waals surface area contributed by atoms with E-state index in [-0.39, 0.29) is 17.2 Å². The van der Waals surface area contributed by atoms with Crippen molar-refractivity contribution >= 4 is 11.8 Å². The first kappa shape index (κ1) is 12.0. The van der Waals surface area contributed by atoms with Crippen molar-refractivity contribution in [2.75, 3.05) is 0 Å². The molecule has 92 valence electrons. The molecule has 1 aromatic heterocycles. The minimum atomic E-state index is -1.19. The van der Waals surface area contributed by atoms with Crippen LogP contribution in [0.5, 0.6) is 0 Å². The number of imidazole rings is 1. The van der Waals surface area contributed by atoms with Gasteiger partial charge in [-0.05, 0) is 19.4 Å². The van der Waals surface area contributed by atoms with Crippen molar-refractivity contribution in [3.05, 3.63) is 52.6 Å². The lowest BCUT2D eigenvalue weighted by Crippen LogP contribution is -2.10. The molecule has 0 fully saturated rings. The third-order valence-electron chi connectivity index (χ3n) is 2.69. The number of nitrogens with zero attached hydrogens (tertiary/aromatic N) is 1. The Bertz CT molecular complexity index is 629. The highest BCUT2D eigenvalue weighted by Gasteiger charge is 2.21. The lowest BCUT2D eigenvalue weighted by molar-refractivity contribution is 0.0687. The Morgan fingerprint density at radius 1 is 1.28 bits per heavy atom. The maximum absolute atomic E-state index is 12.2. The van der Waals surface area contributed by atoms with E-state index in [1.165, 1.54) is 6.33 Å². The van der Waals surface area contributed by atoms with Crippen molar-refractivity contribution in [2.24, 2.45) is 0 Å². The molecule has 0 amide bonds. The second-order valence-electron chi connectivity index (χ2n) is 4.08. The molecular weight excluding hydrogens is 232 g/mol. The molecule has 18 heavy (non-hydrogen) atoms. The normalized spacial score (nSPS) is 10.3. The predicted octanol–water partition coefficient (Wildman–Crippen LogP) is 1.96. The van der Waals surface area contributed by atoms with Crippen molar-refractivity contribution in [3.63, 3.8) is 0 Å². The van der Waals surface area contributed by atoms with Gasteiger partial charge < -0.3 is 10.1 Å². The van der Waals surface area contributed by atoms with Crippen LogP contribution in [0.2, 0.25) is 0 Å². The number of carboxylic acids is 1. The zero-order chi connectivity index (χ0) is 13.3. The summed E-state index contributed by atoms with van der Waals surface area (Å²) in [5.41, 5.74) is 2.08. The molecule has 0 saturated heterocycles. The molecule has 1 aromatic carbocycles. The van der Waals surface area contributed by atoms with Crippen LogP contribution in [0.25, 0.3) is 0 Å². The number of aromatic nitrogens is 2. The van der Waals surface area contributed by atoms with Crippen LogP contribution in [-0.4, -0.2) is 26.8 Å². The minimum absolute atomic E-state index is 0.0607. The van der Waals surface area contributed by atoms with Gasteiger partial charge in [0.2, 0.25) is 5.78 Å². The van der Waals surface area contributed by atoms with E-state index in [4.69, 9.17) is 5.11 Å². The van der Waals surface area contributed by atoms with E-state index in [1.54, 1.807) is 6.07 Å². The number of aromatic amines is 1. The molecule has 0 spiro atoms. The van der Waals surface area contributed by atoms with Crippen molar-refractivity contribution in [1.29, 1.82) is 0 Å². The zero-order valence-electron chi connectivity index (χ0n) is 10.0. The average Bonchev–Trinajstić information content (AvgIpc) is 2.77. The summed E-state index contributed by atoms with van der Waals surface area (Å²) in [5.74, 6) is -1.58. The van der Waals surface area contributed by atoms with Crippen LogP contribution in [0.15, 0.2) is 24.5 Å². The van der Waals surface area contributed by atoms with Crippen LogP contribution in [0.1, 0.15) is 37.7 Å². The predicted molar refractivity (Wildman–Crippen MR) is 64.9 cm³/mol. The Hall–Kier alpha value is -2.43. The number of carbonyl (C=O) groups is 2. The summed E-state index contributed by atoms with van der Waals surface area (Å²) in [7, 11) is 0. The van der Waals surface area contributed by atoms with Crippen LogP contribution < -0.4 is 0 Å². The third-order valence-corrected chi connectivity index (χ3v) is 2.69. The smallest absolute Gasteiger partial charge is 0.354 e. The monoisotopic (exact) mass is 244 g/mol. The molecular formula is C13H12N2O3. The van der Waals surface area contributed by atoms with Gasteiger partial charge in [0.1, 0.15) is 5.69 Å². The molecule has 2 N–H and O–H groups in total. The second-order valence-corrected chi connectivity index (χ2v) is 4.08. The minimum Gasteiger partial charge on any atom is -0.477 e. The molecule has 2 aromatic rings. The highest BCUT2D eigenvalue weighted by atomic mass is 16.4. The number of aryl methyl sites for hydroxylation is 2. The number of hydrogen-bond donors (Lipinski definition) is 2. The Morgan fingerprint density at radius 3 is 2.61 bits per heavy atom. The summed E-state index contributed by atoms with van der Waals surface area (Å²) in [6.45, 7) is 3.74. The van der Waals surface area contributed by atoms with Crippen LogP contribution in [-0.2, 0) is 0 Å². The molecule has 0 aliphatic heterocycles. The van der Waals surface area contributed by atoms with Gasteiger partial charge >= 0.3 is 5.97 Å². The van der Waals surface area contributed by atoms with E-state index >= 15 is 0 Å². The Kier molecular flexibility index (Phi) is 2.97. The number of carbonyl (C=O) groups excluding carboxylic acids is 1.